The number of halogens is 1. The SMILES string of the molecule is CCCCOCCOCCNC(=NC)NCc1ccn[nH]1.I. The standard InChI is InChI=1S/C14H27N5O2.HI/c1-3-4-8-20-10-11-21-9-7-16-14(15-2)17-12-13-5-6-18-19-13;/h5-6H,3-4,7-12H2,1-2H3,(H,18,19)(H2,15,16,17);1H. The minimum absolute atomic E-state index is 0. The van der Waals surface area contributed by atoms with Crippen molar-refractivity contribution in [1.29, 1.82) is 0 Å². The van der Waals surface area contributed by atoms with Crippen molar-refractivity contribution >= 4 is 29.9 Å². The van der Waals surface area contributed by atoms with Gasteiger partial charge in [0.15, 0.2) is 5.96 Å². The highest BCUT2D eigenvalue weighted by Gasteiger charge is 1.98. The van der Waals surface area contributed by atoms with E-state index in [1.54, 1.807) is 13.2 Å². The molecule has 0 atom stereocenters. The Bertz CT molecular complexity index is 373. The van der Waals surface area contributed by atoms with Crippen molar-refractivity contribution in [2.24, 2.45) is 4.99 Å². The molecule has 0 aliphatic carbocycles. The van der Waals surface area contributed by atoms with Gasteiger partial charge in [-0.25, -0.2) is 0 Å². The summed E-state index contributed by atoms with van der Waals surface area (Å²) in [5.41, 5.74) is 1.01. The number of guanidine groups is 1. The van der Waals surface area contributed by atoms with E-state index in [9.17, 15) is 0 Å². The molecule has 0 saturated carbocycles. The smallest absolute Gasteiger partial charge is 0.191 e. The molecule has 7 nitrogen and oxygen atoms in total. The van der Waals surface area contributed by atoms with Crippen LogP contribution in [-0.2, 0) is 16.0 Å². The molecule has 0 aliphatic rings. The fourth-order valence-corrected chi connectivity index (χ4v) is 1.59. The lowest BCUT2D eigenvalue weighted by Gasteiger charge is -2.11. The Kier molecular flexibility index (Phi) is 14.4. The predicted molar refractivity (Wildman–Crippen MR) is 98.8 cm³/mol. The van der Waals surface area contributed by atoms with Crippen LogP contribution < -0.4 is 10.6 Å². The van der Waals surface area contributed by atoms with Gasteiger partial charge in [-0.05, 0) is 12.5 Å². The van der Waals surface area contributed by atoms with Gasteiger partial charge in [0.25, 0.3) is 0 Å². The second kappa shape index (κ2) is 15.0. The molecule has 3 N–H and O–H groups in total. The van der Waals surface area contributed by atoms with E-state index in [1.807, 2.05) is 6.07 Å². The summed E-state index contributed by atoms with van der Waals surface area (Å²) in [6, 6.07) is 1.92. The Morgan fingerprint density at radius 2 is 2.00 bits per heavy atom. The predicted octanol–water partition coefficient (Wildman–Crippen LogP) is 1.53. The van der Waals surface area contributed by atoms with Crippen molar-refractivity contribution < 1.29 is 9.47 Å². The lowest BCUT2D eigenvalue weighted by Crippen LogP contribution is -2.38. The molecule has 8 heteroatoms. The third-order valence-corrected chi connectivity index (χ3v) is 2.78. The first kappa shape index (κ1) is 21.1. The molecule has 0 spiro atoms. The van der Waals surface area contributed by atoms with Gasteiger partial charge in [0, 0.05) is 26.4 Å². The number of unbranched alkanes of at least 4 members (excludes halogenated alkanes) is 1. The number of nitrogens with zero attached hydrogens (tertiary/aromatic N) is 2. The molecule has 1 aromatic heterocycles. The highest BCUT2D eigenvalue weighted by atomic mass is 127. The van der Waals surface area contributed by atoms with Crippen molar-refractivity contribution in [1.82, 2.24) is 20.8 Å². The van der Waals surface area contributed by atoms with Gasteiger partial charge in [0.05, 0.1) is 32.1 Å². The average molecular weight is 425 g/mol. The molecular weight excluding hydrogens is 397 g/mol. The van der Waals surface area contributed by atoms with E-state index in [0.717, 1.165) is 31.1 Å². The maximum atomic E-state index is 5.47. The highest BCUT2D eigenvalue weighted by Crippen LogP contribution is 1.89. The third kappa shape index (κ3) is 10.8. The van der Waals surface area contributed by atoms with Gasteiger partial charge in [-0.15, -0.1) is 24.0 Å². The molecule has 1 heterocycles. The summed E-state index contributed by atoms with van der Waals surface area (Å²) < 4.78 is 10.9. The molecule has 0 bridgehead atoms. The molecule has 1 rings (SSSR count). The van der Waals surface area contributed by atoms with Crippen molar-refractivity contribution in [3.63, 3.8) is 0 Å². The van der Waals surface area contributed by atoms with Crippen LogP contribution in [0.25, 0.3) is 0 Å². The van der Waals surface area contributed by atoms with Gasteiger partial charge in [-0.2, -0.15) is 5.10 Å². The molecule has 1 aromatic rings. The normalized spacial score (nSPS) is 11.1. The quantitative estimate of drug-likeness (QED) is 0.217. The van der Waals surface area contributed by atoms with E-state index >= 15 is 0 Å². The number of nitrogens with one attached hydrogen (secondary N) is 3. The Morgan fingerprint density at radius 3 is 2.64 bits per heavy atom. The van der Waals surface area contributed by atoms with Gasteiger partial charge in [-0.1, -0.05) is 13.3 Å². The van der Waals surface area contributed by atoms with Crippen LogP contribution in [0.15, 0.2) is 17.3 Å². The number of hydrogen-bond acceptors (Lipinski definition) is 4. The fraction of sp³-hybridized carbons (Fsp3) is 0.714. The molecule has 0 saturated heterocycles. The zero-order valence-corrected chi connectivity index (χ0v) is 15.8. The summed E-state index contributed by atoms with van der Waals surface area (Å²) >= 11 is 0. The van der Waals surface area contributed by atoms with Crippen LogP contribution in [0.5, 0.6) is 0 Å². The Morgan fingerprint density at radius 1 is 1.23 bits per heavy atom. The molecule has 22 heavy (non-hydrogen) atoms. The summed E-state index contributed by atoms with van der Waals surface area (Å²) in [6.45, 7) is 6.25. The number of aromatic nitrogens is 2. The summed E-state index contributed by atoms with van der Waals surface area (Å²) in [5.74, 6) is 0.743. The van der Waals surface area contributed by atoms with Gasteiger partial charge >= 0.3 is 0 Å². The molecule has 0 amide bonds. The van der Waals surface area contributed by atoms with Crippen LogP contribution in [-0.4, -0.2) is 56.2 Å². The Labute approximate surface area is 149 Å². The van der Waals surface area contributed by atoms with Crippen molar-refractivity contribution in [2.45, 2.75) is 26.3 Å². The monoisotopic (exact) mass is 425 g/mol. The number of ether oxygens (including phenoxy) is 2. The van der Waals surface area contributed by atoms with Gasteiger partial charge in [0.1, 0.15) is 0 Å². The minimum atomic E-state index is 0. The summed E-state index contributed by atoms with van der Waals surface area (Å²) in [6.07, 6.45) is 4.00. The lowest BCUT2D eigenvalue weighted by atomic mass is 10.4. The summed E-state index contributed by atoms with van der Waals surface area (Å²) in [7, 11) is 1.74. The van der Waals surface area contributed by atoms with Crippen LogP contribution in [0.1, 0.15) is 25.5 Å². The maximum Gasteiger partial charge on any atom is 0.191 e. The van der Waals surface area contributed by atoms with E-state index in [4.69, 9.17) is 9.47 Å². The first-order chi connectivity index (χ1) is 10.4. The zero-order chi connectivity index (χ0) is 15.2. The van der Waals surface area contributed by atoms with E-state index in [1.165, 1.54) is 0 Å². The van der Waals surface area contributed by atoms with Crippen molar-refractivity contribution in [3.8, 4) is 0 Å². The maximum absolute atomic E-state index is 5.47. The third-order valence-electron chi connectivity index (χ3n) is 2.78. The van der Waals surface area contributed by atoms with Gasteiger partial charge in [-0.3, -0.25) is 10.1 Å². The number of hydrogen-bond donors (Lipinski definition) is 3. The summed E-state index contributed by atoms with van der Waals surface area (Å²) in [4.78, 5) is 4.14. The van der Waals surface area contributed by atoms with E-state index in [-0.39, 0.29) is 24.0 Å². The van der Waals surface area contributed by atoms with Gasteiger partial charge < -0.3 is 20.1 Å². The minimum Gasteiger partial charge on any atom is -0.379 e. The van der Waals surface area contributed by atoms with Crippen LogP contribution in [0.4, 0.5) is 0 Å². The van der Waals surface area contributed by atoms with Crippen LogP contribution in [0, 0.1) is 0 Å². The fourth-order valence-electron chi connectivity index (χ4n) is 1.59. The molecule has 0 fully saturated rings. The van der Waals surface area contributed by atoms with E-state index < -0.39 is 0 Å². The highest BCUT2D eigenvalue weighted by molar-refractivity contribution is 14.0. The van der Waals surface area contributed by atoms with Crippen LogP contribution >= 0.6 is 24.0 Å². The molecule has 128 valence electrons. The average Bonchev–Trinajstić information content (AvgIpc) is 3.02. The van der Waals surface area contributed by atoms with E-state index in [0.29, 0.717) is 32.9 Å². The number of aliphatic imine (C=N–C) groups is 1. The first-order valence-corrected chi connectivity index (χ1v) is 7.45. The Hall–Kier alpha value is -0.870. The zero-order valence-electron chi connectivity index (χ0n) is 13.4. The van der Waals surface area contributed by atoms with Crippen LogP contribution in [0.2, 0.25) is 0 Å². The van der Waals surface area contributed by atoms with E-state index in [2.05, 4.69) is 32.7 Å². The second-order valence-corrected chi connectivity index (χ2v) is 4.51. The largest absolute Gasteiger partial charge is 0.379 e. The number of rotatable bonds is 11. The molecular formula is C14H28IN5O2. The Balaban J connectivity index is 0.00000441. The topological polar surface area (TPSA) is 83.6 Å². The van der Waals surface area contributed by atoms with Crippen LogP contribution in [0.3, 0.4) is 0 Å². The first-order valence-electron chi connectivity index (χ1n) is 7.45. The number of aromatic amines is 1. The lowest BCUT2D eigenvalue weighted by molar-refractivity contribution is 0.0487. The van der Waals surface area contributed by atoms with Crippen molar-refractivity contribution in [2.75, 3.05) is 40.0 Å². The summed E-state index contributed by atoms with van der Waals surface area (Å²) in [5, 5.41) is 13.1. The molecule has 0 radical (unpaired) electrons. The van der Waals surface area contributed by atoms with Gasteiger partial charge in [0.2, 0.25) is 0 Å². The molecule has 0 aromatic carbocycles. The van der Waals surface area contributed by atoms with Crippen molar-refractivity contribution in [3.05, 3.63) is 18.0 Å². The molecule has 0 unspecified atom stereocenters. The molecule has 0 aliphatic heterocycles. The number of H-pyrrole nitrogens is 1. The second-order valence-electron chi connectivity index (χ2n) is 4.51.